The van der Waals surface area contributed by atoms with Crippen molar-refractivity contribution in [2.75, 3.05) is 19.8 Å². The van der Waals surface area contributed by atoms with Crippen LogP contribution >= 0.6 is 0 Å². The largest absolute Gasteiger partial charge is 0.396 e. The van der Waals surface area contributed by atoms with Gasteiger partial charge in [-0.2, -0.15) is 0 Å². The molecule has 1 saturated heterocycles. The third-order valence-electron chi connectivity index (χ3n) is 2.44. The zero-order valence-electron chi connectivity index (χ0n) is 9.01. The fourth-order valence-corrected chi connectivity index (χ4v) is 1.70. The minimum Gasteiger partial charge on any atom is -0.396 e. The Kier molecular flexibility index (Phi) is 4.01. The average Bonchev–Trinajstić information content (AvgIpc) is 2.44. The van der Waals surface area contributed by atoms with E-state index in [0.29, 0.717) is 13.0 Å². The Labute approximate surface area is 88.3 Å². The van der Waals surface area contributed by atoms with Crippen LogP contribution in [-0.2, 0) is 9.47 Å². The predicted octanol–water partition coefficient (Wildman–Crippen LogP) is 0.413. The van der Waals surface area contributed by atoms with Gasteiger partial charge in [-0.15, -0.1) is 0 Å². The zero-order valence-corrected chi connectivity index (χ0v) is 9.01. The second kappa shape index (κ2) is 4.87. The van der Waals surface area contributed by atoms with Crippen molar-refractivity contribution in [1.29, 1.82) is 0 Å². The van der Waals surface area contributed by atoms with Crippen LogP contribution in [0, 0.1) is 16.0 Å². The summed E-state index contributed by atoms with van der Waals surface area (Å²) >= 11 is 0. The number of ether oxygens (including phenoxy) is 2. The molecular weight excluding hydrogens is 202 g/mol. The number of nitro groups is 1. The normalized spacial score (nSPS) is 26.5. The summed E-state index contributed by atoms with van der Waals surface area (Å²) in [7, 11) is 0. The molecular formula is C9H17NO5. The van der Waals surface area contributed by atoms with Crippen LogP contribution in [0.25, 0.3) is 0 Å². The highest BCUT2D eigenvalue weighted by Crippen LogP contribution is 2.28. The summed E-state index contributed by atoms with van der Waals surface area (Å²) in [5.74, 6) is -0.957. The van der Waals surface area contributed by atoms with E-state index in [2.05, 4.69) is 0 Å². The second-order valence-corrected chi connectivity index (χ2v) is 4.15. The molecule has 6 nitrogen and oxygen atoms in total. The fraction of sp³-hybridized carbons (Fsp3) is 1.00. The SMILES string of the molecule is CC1(C)OCC([C@H](CCO)C[N+](=O)[O-])O1. The van der Waals surface area contributed by atoms with Crippen molar-refractivity contribution in [3.63, 3.8) is 0 Å². The van der Waals surface area contributed by atoms with Crippen molar-refractivity contribution in [1.82, 2.24) is 0 Å². The van der Waals surface area contributed by atoms with Crippen molar-refractivity contribution in [2.24, 2.45) is 5.92 Å². The Balaban J connectivity index is 2.53. The molecule has 0 aromatic carbocycles. The lowest BCUT2D eigenvalue weighted by Crippen LogP contribution is -2.32. The van der Waals surface area contributed by atoms with Gasteiger partial charge in [-0.25, -0.2) is 0 Å². The quantitative estimate of drug-likeness (QED) is 0.535. The maximum atomic E-state index is 10.4. The molecule has 0 aromatic rings. The molecule has 1 aliphatic rings. The monoisotopic (exact) mass is 219 g/mol. The fourth-order valence-electron chi connectivity index (χ4n) is 1.70. The third-order valence-corrected chi connectivity index (χ3v) is 2.44. The number of hydrogen-bond donors (Lipinski definition) is 1. The molecule has 1 rings (SSSR count). The highest BCUT2D eigenvalue weighted by atomic mass is 16.7. The summed E-state index contributed by atoms with van der Waals surface area (Å²) < 4.78 is 10.9. The smallest absolute Gasteiger partial charge is 0.209 e. The number of aliphatic hydroxyl groups excluding tert-OH is 1. The molecule has 0 bridgehead atoms. The van der Waals surface area contributed by atoms with E-state index in [-0.39, 0.29) is 30.1 Å². The number of nitrogens with zero attached hydrogens (tertiary/aromatic N) is 1. The van der Waals surface area contributed by atoms with Gasteiger partial charge in [0.1, 0.15) is 0 Å². The van der Waals surface area contributed by atoms with E-state index in [1.165, 1.54) is 0 Å². The van der Waals surface area contributed by atoms with E-state index in [1.807, 2.05) is 0 Å². The van der Waals surface area contributed by atoms with Crippen LogP contribution in [0.3, 0.4) is 0 Å². The lowest BCUT2D eigenvalue weighted by Gasteiger charge is -2.20. The van der Waals surface area contributed by atoms with Gasteiger partial charge >= 0.3 is 0 Å². The average molecular weight is 219 g/mol. The van der Waals surface area contributed by atoms with Gasteiger partial charge in [0.2, 0.25) is 6.54 Å². The van der Waals surface area contributed by atoms with Gasteiger partial charge in [0.15, 0.2) is 5.79 Å². The number of aliphatic hydroxyl groups is 1. The van der Waals surface area contributed by atoms with E-state index in [1.54, 1.807) is 13.8 Å². The first-order chi connectivity index (χ1) is 6.94. The third kappa shape index (κ3) is 3.73. The van der Waals surface area contributed by atoms with Crippen LogP contribution in [0.4, 0.5) is 0 Å². The van der Waals surface area contributed by atoms with Gasteiger partial charge in [-0.3, -0.25) is 10.1 Å². The van der Waals surface area contributed by atoms with E-state index in [4.69, 9.17) is 14.6 Å². The molecule has 0 saturated carbocycles. The predicted molar refractivity (Wildman–Crippen MR) is 52.0 cm³/mol. The van der Waals surface area contributed by atoms with Crippen LogP contribution in [0.5, 0.6) is 0 Å². The van der Waals surface area contributed by atoms with Crippen LogP contribution < -0.4 is 0 Å². The van der Waals surface area contributed by atoms with Gasteiger partial charge in [0.05, 0.1) is 18.6 Å². The molecule has 15 heavy (non-hydrogen) atoms. The summed E-state index contributed by atoms with van der Waals surface area (Å²) in [6, 6.07) is 0. The summed E-state index contributed by atoms with van der Waals surface area (Å²) in [6.45, 7) is 3.64. The number of hydrogen-bond acceptors (Lipinski definition) is 5. The van der Waals surface area contributed by atoms with Gasteiger partial charge < -0.3 is 14.6 Å². The Bertz CT molecular complexity index is 231. The maximum absolute atomic E-state index is 10.4. The summed E-state index contributed by atoms with van der Waals surface area (Å²) in [5.41, 5.74) is 0. The number of rotatable bonds is 5. The van der Waals surface area contributed by atoms with Crippen molar-refractivity contribution in [2.45, 2.75) is 32.2 Å². The second-order valence-electron chi connectivity index (χ2n) is 4.15. The molecule has 0 spiro atoms. The molecule has 0 aromatic heterocycles. The van der Waals surface area contributed by atoms with Crippen LogP contribution in [0.15, 0.2) is 0 Å². The van der Waals surface area contributed by atoms with Gasteiger partial charge in [-0.05, 0) is 20.3 Å². The standard InChI is InChI=1S/C9H17NO5/c1-9(2)14-6-8(15-9)7(3-4-11)5-10(12)13/h7-8,11H,3-6H2,1-2H3/t7-,8?/m1/s1. The highest BCUT2D eigenvalue weighted by Gasteiger charge is 2.38. The minimum atomic E-state index is -0.672. The minimum absolute atomic E-state index is 0.0706. The van der Waals surface area contributed by atoms with E-state index in [9.17, 15) is 10.1 Å². The molecule has 1 aliphatic heterocycles. The molecule has 1 heterocycles. The van der Waals surface area contributed by atoms with Crippen molar-refractivity contribution >= 4 is 0 Å². The summed E-state index contributed by atoms with van der Waals surface area (Å²) in [6.07, 6.45) is 0.0722. The van der Waals surface area contributed by atoms with Crippen LogP contribution in [0.2, 0.25) is 0 Å². The summed E-state index contributed by atoms with van der Waals surface area (Å²) in [4.78, 5) is 10.1. The van der Waals surface area contributed by atoms with Crippen molar-refractivity contribution < 1.29 is 19.5 Å². The first-order valence-corrected chi connectivity index (χ1v) is 4.99. The highest BCUT2D eigenvalue weighted by molar-refractivity contribution is 4.77. The van der Waals surface area contributed by atoms with Gasteiger partial charge in [-0.1, -0.05) is 0 Å². The van der Waals surface area contributed by atoms with E-state index >= 15 is 0 Å². The molecule has 2 atom stereocenters. The Morgan fingerprint density at radius 1 is 1.67 bits per heavy atom. The maximum Gasteiger partial charge on any atom is 0.209 e. The Morgan fingerprint density at radius 3 is 2.73 bits per heavy atom. The van der Waals surface area contributed by atoms with Crippen LogP contribution in [0.1, 0.15) is 20.3 Å². The molecule has 0 aliphatic carbocycles. The Hall–Kier alpha value is -0.720. The van der Waals surface area contributed by atoms with Gasteiger partial charge in [0.25, 0.3) is 0 Å². The molecule has 0 radical (unpaired) electrons. The summed E-state index contributed by atoms with van der Waals surface area (Å²) in [5, 5.41) is 19.3. The van der Waals surface area contributed by atoms with Gasteiger partial charge in [0, 0.05) is 11.5 Å². The topological polar surface area (TPSA) is 81.8 Å². The molecule has 0 amide bonds. The zero-order chi connectivity index (χ0) is 11.5. The lowest BCUT2D eigenvalue weighted by atomic mass is 10.00. The van der Waals surface area contributed by atoms with E-state index in [0.717, 1.165) is 0 Å². The Morgan fingerprint density at radius 2 is 2.33 bits per heavy atom. The first kappa shape index (κ1) is 12.4. The molecule has 88 valence electrons. The molecule has 1 N–H and O–H groups in total. The first-order valence-electron chi connectivity index (χ1n) is 4.99. The molecule has 6 heteroatoms. The molecule has 1 unspecified atom stereocenters. The molecule has 1 fully saturated rings. The van der Waals surface area contributed by atoms with Crippen molar-refractivity contribution in [3.05, 3.63) is 10.1 Å². The van der Waals surface area contributed by atoms with E-state index < -0.39 is 5.79 Å². The lowest BCUT2D eigenvalue weighted by molar-refractivity contribution is -0.491. The van der Waals surface area contributed by atoms with Crippen molar-refractivity contribution in [3.8, 4) is 0 Å². The van der Waals surface area contributed by atoms with Crippen LogP contribution in [-0.4, -0.2) is 41.7 Å².